The summed E-state index contributed by atoms with van der Waals surface area (Å²) in [5, 5.41) is 14.0. The van der Waals surface area contributed by atoms with E-state index in [1.165, 1.54) is 23.9 Å². The number of amidine groups is 1. The van der Waals surface area contributed by atoms with Gasteiger partial charge in [0.25, 0.3) is 5.91 Å². The second-order valence-electron chi connectivity index (χ2n) is 4.35. The zero-order valence-corrected chi connectivity index (χ0v) is 11.7. The SMILES string of the molecule is CC(C)C1=N[N]C(=NC(=O)c2ccccc2C(=O)O)S1. The zero-order valence-electron chi connectivity index (χ0n) is 10.9. The van der Waals surface area contributed by atoms with Crippen LogP contribution in [0.4, 0.5) is 0 Å². The van der Waals surface area contributed by atoms with Crippen molar-refractivity contribution >= 4 is 33.8 Å². The molecule has 0 atom stereocenters. The first-order valence-corrected chi connectivity index (χ1v) is 6.72. The van der Waals surface area contributed by atoms with Gasteiger partial charge in [-0.1, -0.05) is 26.0 Å². The molecule has 20 heavy (non-hydrogen) atoms. The zero-order chi connectivity index (χ0) is 14.7. The number of carboxylic acid groups (broad SMARTS) is 1. The standard InChI is InChI=1S/C13H12N3O3S/c1-7(2)11-15-16-13(20-11)14-10(17)8-5-3-4-6-9(8)12(18)19/h3-7H,1-2H3,(H,18,19). The molecular formula is C13H12N3O3S. The lowest BCUT2D eigenvalue weighted by Crippen LogP contribution is -2.10. The second kappa shape index (κ2) is 5.87. The molecule has 103 valence electrons. The molecular weight excluding hydrogens is 278 g/mol. The number of thioether (sulfide) groups is 1. The van der Waals surface area contributed by atoms with Crippen molar-refractivity contribution in [3.8, 4) is 0 Å². The van der Waals surface area contributed by atoms with Gasteiger partial charge in [0.05, 0.1) is 11.1 Å². The number of hydrogen-bond acceptors (Lipinski definition) is 4. The molecule has 0 bridgehead atoms. The molecule has 1 aromatic rings. The van der Waals surface area contributed by atoms with Crippen LogP contribution in [0.3, 0.4) is 0 Å². The summed E-state index contributed by atoms with van der Waals surface area (Å²) in [5.74, 6) is -1.59. The van der Waals surface area contributed by atoms with Crippen molar-refractivity contribution in [2.45, 2.75) is 13.8 Å². The molecule has 1 radical (unpaired) electrons. The second-order valence-corrected chi connectivity index (χ2v) is 5.33. The highest BCUT2D eigenvalue weighted by molar-refractivity contribution is 8.26. The van der Waals surface area contributed by atoms with Crippen LogP contribution in [0.5, 0.6) is 0 Å². The Morgan fingerprint density at radius 2 is 1.90 bits per heavy atom. The lowest BCUT2D eigenvalue weighted by atomic mass is 10.1. The van der Waals surface area contributed by atoms with Crippen LogP contribution in [-0.2, 0) is 0 Å². The number of benzene rings is 1. The molecule has 0 aliphatic carbocycles. The van der Waals surface area contributed by atoms with Gasteiger partial charge in [0.1, 0.15) is 5.04 Å². The normalized spacial score (nSPS) is 16.1. The van der Waals surface area contributed by atoms with Gasteiger partial charge in [-0.2, -0.15) is 4.99 Å². The third-order valence-corrected chi connectivity index (χ3v) is 3.63. The first-order valence-electron chi connectivity index (χ1n) is 5.91. The Hall–Kier alpha value is -2.15. The van der Waals surface area contributed by atoms with Gasteiger partial charge in [-0.25, -0.2) is 4.79 Å². The number of amides is 1. The molecule has 0 saturated carbocycles. The van der Waals surface area contributed by atoms with E-state index in [0.29, 0.717) is 0 Å². The van der Waals surface area contributed by atoms with E-state index in [1.807, 2.05) is 13.8 Å². The van der Waals surface area contributed by atoms with E-state index in [2.05, 4.69) is 15.5 Å². The topological polar surface area (TPSA) is 93.2 Å². The molecule has 0 aromatic heterocycles. The predicted octanol–water partition coefficient (Wildman–Crippen LogP) is 2.20. The average molecular weight is 290 g/mol. The summed E-state index contributed by atoms with van der Waals surface area (Å²) in [6, 6.07) is 5.95. The third kappa shape index (κ3) is 3.05. The molecule has 2 rings (SSSR count). The Morgan fingerprint density at radius 3 is 2.45 bits per heavy atom. The van der Waals surface area contributed by atoms with Crippen LogP contribution in [0.1, 0.15) is 34.6 Å². The summed E-state index contributed by atoms with van der Waals surface area (Å²) >= 11 is 1.22. The molecule has 1 heterocycles. The van der Waals surface area contributed by atoms with Crippen LogP contribution in [0.15, 0.2) is 34.4 Å². The maximum absolute atomic E-state index is 12.0. The van der Waals surface area contributed by atoms with Gasteiger partial charge in [-0.3, -0.25) is 4.79 Å². The molecule has 0 unspecified atom stereocenters. The Morgan fingerprint density at radius 1 is 1.25 bits per heavy atom. The Labute approximate surface area is 120 Å². The van der Waals surface area contributed by atoms with E-state index in [4.69, 9.17) is 5.11 Å². The number of carbonyl (C=O) groups excluding carboxylic acids is 1. The number of carboxylic acids is 1. The molecule has 1 aliphatic heterocycles. The molecule has 1 aliphatic rings. The number of hydrogen-bond donors (Lipinski definition) is 1. The molecule has 0 saturated heterocycles. The maximum atomic E-state index is 12.0. The predicted molar refractivity (Wildman–Crippen MR) is 77.2 cm³/mol. The van der Waals surface area contributed by atoms with Crippen molar-refractivity contribution in [3.05, 3.63) is 35.4 Å². The number of nitrogens with zero attached hydrogens (tertiary/aromatic N) is 3. The number of aromatic carboxylic acids is 1. The maximum Gasteiger partial charge on any atom is 0.336 e. The number of carbonyl (C=O) groups is 2. The highest BCUT2D eigenvalue weighted by Gasteiger charge is 2.22. The van der Waals surface area contributed by atoms with Crippen LogP contribution in [0.2, 0.25) is 0 Å². The van der Waals surface area contributed by atoms with E-state index in [0.717, 1.165) is 5.04 Å². The quantitative estimate of drug-likeness (QED) is 0.923. The lowest BCUT2D eigenvalue weighted by Gasteiger charge is -2.01. The van der Waals surface area contributed by atoms with Crippen LogP contribution >= 0.6 is 11.8 Å². The fourth-order valence-corrected chi connectivity index (χ4v) is 2.22. The summed E-state index contributed by atoms with van der Waals surface area (Å²) < 4.78 is 0. The van der Waals surface area contributed by atoms with Crippen molar-refractivity contribution in [2.75, 3.05) is 0 Å². The minimum Gasteiger partial charge on any atom is -0.478 e. The van der Waals surface area contributed by atoms with Crippen LogP contribution in [0, 0.1) is 5.92 Å². The van der Waals surface area contributed by atoms with Crippen molar-refractivity contribution in [3.63, 3.8) is 0 Å². The monoisotopic (exact) mass is 290 g/mol. The Balaban J connectivity index is 2.21. The van der Waals surface area contributed by atoms with Crippen molar-refractivity contribution in [1.29, 1.82) is 0 Å². The largest absolute Gasteiger partial charge is 0.478 e. The molecule has 7 heteroatoms. The fraction of sp³-hybridized carbons (Fsp3) is 0.231. The minimum atomic E-state index is -1.16. The molecule has 1 N–H and O–H groups in total. The van der Waals surface area contributed by atoms with Crippen LogP contribution in [0.25, 0.3) is 0 Å². The highest BCUT2D eigenvalue weighted by Crippen LogP contribution is 2.20. The van der Waals surface area contributed by atoms with E-state index in [9.17, 15) is 9.59 Å². The van der Waals surface area contributed by atoms with E-state index in [-0.39, 0.29) is 22.2 Å². The third-order valence-electron chi connectivity index (χ3n) is 2.51. The molecule has 0 spiro atoms. The minimum absolute atomic E-state index is 0.0429. The van der Waals surface area contributed by atoms with E-state index < -0.39 is 11.9 Å². The summed E-state index contributed by atoms with van der Waals surface area (Å²) in [7, 11) is 0. The van der Waals surface area contributed by atoms with Gasteiger partial charge in [0, 0.05) is 5.92 Å². The van der Waals surface area contributed by atoms with Crippen molar-refractivity contribution in [2.24, 2.45) is 16.0 Å². The highest BCUT2D eigenvalue weighted by atomic mass is 32.2. The van der Waals surface area contributed by atoms with Crippen LogP contribution in [-0.4, -0.2) is 27.2 Å². The summed E-state index contributed by atoms with van der Waals surface area (Å²) in [5.41, 5.74) is 3.78. The van der Waals surface area contributed by atoms with Crippen molar-refractivity contribution < 1.29 is 14.7 Å². The average Bonchev–Trinajstić information content (AvgIpc) is 2.87. The smallest absolute Gasteiger partial charge is 0.336 e. The van der Waals surface area contributed by atoms with E-state index >= 15 is 0 Å². The van der Waals surface area contributed by atoms with Gasteiger partial charge in [0.2, 0.25) is 5.17 Å². The fourth-order valence-electron chi connectivity index (χ4n) is 1.51. The van der Waals surface area contributed by atoms with Gasteiger partial charge < -0.3 is 5.11 Å². The molecule has 6 nitrogen and oxygen atoms in total. The van der Waals surface area contributed by atoms with E-state index in [1.54, 1.807) is 12.1 Å². The molecule has 0 fully saturated rings. The Bertz CT molecular complexity index is 623. The van der Waals surface area contributed by atoms with Gasteiger partial charge in [-0.15, -0.1) is 10.5 Å². The van der Waals surface area contributed by atoms with Gasteiger partial charge >= 0.3 is 5.97 Å². The summed E-state index contributed by atoms with van der Waals surface area (Å²) in [6.07, 6.45) is 0. The lowest BCUT2D eigenvalue weighted by molar-refractivity contribution is 0.0692. The molecule has 1 aromatic carbocycles. The van der Waals surface area contributed by atoms with Gasteiger partial charge in [0.15, 0.2) is 0 Å². The Kier molecular flexibility index (Phi) is 4.19. The molecule has 1 amide bonds. The van der Waals surface area contributed by atoms with Crippen molar-refractivity contribution in [1.82, 2.24) is 5.43 Å². The first kappa shape index (κ1) is 14.3. The number of rotatable bonds is 3. The first-order chi connectivity index (χ1) is 9.49. The number of aliphatic imine (C=N–C) groups is 1. The van der Waals surface area contributed by atoms with Gasteiger partial charge in [-0.05, 0) is 23.9 Å². The summed E-state index contributed by atoms with van der Waals surface area (Å²) in [4.78, 5) is 26.9. The summed E-state index contributed by atoms with van der Waals surface area (Å²) in [6.45, 7) is 3.93. The van der Waals surface area contributed by atoms with Crippen LogP contribution < -0.4 is 5.43 Å².